The number of amides is 4. The van der Waals surface area contributed by atoms with Crippen molar-refractivity contribution in [2.45, 2.75) is 25.5 Å². The summed E-state index contributed by atoms with van der Waals surface area (Å²) in [7, 11) is 0. The Bertz CT molecular complexity index is 891. The highest BCUT2D eigenvalue weighted by molar-refractivity contribution is 6.21. The van der Waals surface area contributed by atoms with E-state index in [1.807, 2.05) is 24.3 Å². The highest BCUT2D eigenvalue weighted by atomic mass is 16.5. The smallest absolute Gasteiger partial charge is 0.328 e. The normalized spacial score (nSPS) is 15.3. The molecule has 0 aliphatic carbocycles. The Morgan fingerprint density at radius 2 is 1.40 bits per heavy atom. The lowest BCUT2D eigenvalue weighted by molar-refractivity contribution is -0.153. The molecular formula is C21H23N3O6. The van der Waals surface area contributed by atoms with Crippen molar-refractivity contribution >= 4 is 17.8 Å². The molecule has 9 heteroatoms. The SMILES string of the molecule is CCOCCC1(Oc2ccc(Oc3ccc(CN)cc3)cc2)C(=O)NC(=O)NC1=O. The fourth-order valence-corrected chi connectivity index (χ4v) is 2.88. The number of barbiturate groups is 1. The summed E-state index contributed by atoms with van der Waals surface area (Å²) in [4.78, 5) is 36.4. The van der Waals surface area contributed by atoms with Gasteiger partial charge in [0.15, 0.2) is 0 Å². The Hall–Kier alpha value is -3.43. The standard InChI is InChI=1S/C21H23N3O6/c1-2-28-12-11-21(18(25)23-20(27)24-19(21)26)30-17-9-7-16(8-10-17)29-15-5-3-14(13-22)4-6-15/h3-10H,2,11-13,22H2,1H3,(H2,23,24,25,26,27). The van der Waals surface area contributed by atoms with Gasteiger partial charge in [-0.2, -0.15) is 0 Å². The van der Waals surface area contributed by atoms with Crippen LogP contribution in [0.25, 0.3) is 0 Å². The zero-order valence-electron chi connectivity index (χ0n) is 16.5. The molecule has 0 atom stereocenters. The van der Waals surface area contributed by atoms with Crippen LogP contribution >= 0.6 is 0 Å². The fourth-order valence-electron chi connectivity index (χ4n) is 2.88. The van der Waals surface area contributed by atoms with E-state index in [1.165, 1.54) is 0 Å². The van der Waals surface area contributed by atoms with Gasteiger partial charge < -0.3 is 19.9 Å². The fraction of sp³-hybridized carbons (Fsp3) is 0.286. The average Bonchev–Trinajstić information content (AvgIpc) is 2.74. The summed E-state index contributed by atoms with van der Waals surface area (Å²) < 4.78 is 16.8. The molecule has 2 aromatic carbocycles. The summed E-state index contributed by atoms with van der Waals surface area (Å²) >= 11 is 0. The summed E-state index contributed by atoms with van der Waals surface area (Å²) in [5.41, 5.74) is 4.66. The third-order valence-electron chi connectivity index (χ3n) is 4.50. The van der Waals surface area contributed by atoms with Crippen LogP contribution in [-0.4, -0.2) is 36.7 Å². The van der Waals surface area contributed by atoms with E-state index in [-0.39, 0.29) is 18.8 Å². The second-order valence-electron chi connectivity index (χ2n) is 6.53. The highest BCUT2D eigenvalue weighted by Crippen LogP contribution is 2.28. The van der Waals surface area contributed by atoms with Gasteiger partial charge in [0.1, 0.15) is 17.2 Å². The first-order chi connectivity index (χ1) is 14.5. The molecule has 2 aromatic rings. The van der Waals surface area contributed by atoms with Crippen LogP contribution in [0.5, 0.6) is 17.2 Å². The second kappa shape index (κ2) is 9.38. The number of imide groups is 2. The van der Waals surface area contributed by atoms with E-state index in [2.05, 4.69) is 10.6 Å². The van der Waals surface area contributed by atoms with Gasteiger partial charge in [0, 0.05) is 19.6 Å². The summed E-state index contributed by atoms with van der Waals surface area (Å²) in [6, 6.07) is 12.9. The van der Waals surface area contributed by atoms with Gasteiger partial charge in [0.05, 0.1) is 6.61 Å². The molecule has 30 heavy (non-hydrogen) atoms. The summed E-state index contributed by atoms with van der Waals surface area (Å²) in [6.45, 7) is 2.76. The number of urea groups is 1. The van der Waals surface area contributed by atoms with Crippen molar-refractivity contribution in [1.82, 2.24) is 10.6 Å². The Morgan fingerprint density at radius 3 is 1.93 bits per heavy atom. The van der Waals surface area contributed by atoms with Crippen LogP contribution in [0.3, 0.4) is 0 Å². The molecule has 0 spiro atoms. The van der Waals surface area contributed by atoms with Crippen LogP contribution < -0.4 is 25.8 Å². The molecule has 158 valence electrons. The second-order valence-corrected chi connectivity index (χ2v) is 6.53. The monoisotopic (exact) mass is 413 g/mol. The predicted octanol–water partition coefficient (Wildman–Crippen LogP) is 1.85. The Morgan fingerprint density at radius 1 is 0.867 bits per heavy atom. The van der Waals surface area contributed by atoms with Gasteiger partial charge in [-0.3, -0.25) is 20.2 Å². The van der Waals surface area contributed by atoms with Crippen LogP contribution in [0.1, 0.15) is 18.9 Å². The van der Waals surface area contributed by atoms with Gasteiger partial charge in [-0.25, -0.2) is 4.79 Å². The molecule has 1 aliphatic heterocycles. The van der Waals surface area contributed by atoms with Crippen molar-refractivity contribution in [2.75, 3.05) is 13.2 Å². The highest BCUT2D eigenvalue weighted by Gasteiger charge is 2.52. The van der Waals surface area contributed by atoms with Crippen molar-refractivity contribution in [3.8, 4) is 17.2 Å². The molecule has 1 saturated heterocycles. The molecule has 0 radical (unpaired) electrons. The molecule has 1 heterocycles. The van der Waals surface area contributed by atoms with E-state index in [1.54, 1.807) is 31.2 Å². The van der Waals surface area contributed by atoms with Gasteiger partial charge in [-0.15, -0.1) is 0 Å². The number of nitrogens with one attached hydrogen (secondary N) is 2. The third kappa shape index (κ3) is 4.76. The lowest BCUT2D eigenvalue weighted by Gasteiger charge is -2.34. The summed E-state index contributed by atoms with van der Waals surface area (Å²) in [5, 5.41) is 4.15. The molecule has 0 aromatic heterocycles. The molecule has 4 N–H and O–H groups in total. The number of carbonyl (C=O) groups is 3. The number of nitrogens with two attached hydrogens (primary N) is 1. The first-order valence-corrected chi connectivity index (χ1v) is 9.47. The molecular weight excluding hydrogens is 390 g/mol. The van der Waals surface area contributed by atoms with E-state index in [0.29, 0.717) is 24.7 Å². The molecule has 1 fully saturated rings. The molecule has 0 bridgehead atoms. The summed E-state index contributed by atoms with van der Waals surface area (Å²) in [6.07, 6.45) is -0.0580. The van der Waals surface area contributed by atoms with E-state index in [0.717, 1.165) is 5.56 Å². The first-order valence-electron chi connectivity index (χ1n) is 9.47. The number of ether oxygens (including phenoxy) is 3. The van der Waals surface area contributed by atoms with E-state index < -0.39 is 23.4 Å². The van der Waals surface area contributed by atoms with Gasteiger partial charge in [-0.05, 0) is 48.9 Å². The maximum atomic E-state index is 12.5. The molecule has 4 amide bonds. The lowest BCUT2D eigenvalue weighted by atomic mass is 9.95. The van der Waals surface area contributed by atoms with Gasteiger partial charge in [0.2, 0.25) is 0 Å². The molecule has 3 rings (SSSR count). The van der Waals surface area contributed by atoms with Crippen molar-refractivity contribution in [3.63, 3.8) is 0 Å². The van der Waals surface area contributed by atoms with Crippen molar-refractivity contribution in [3.05, 3.63) is 54.1 Å². The van der Waals surface area contributed by atoms with E-state index in [9.17, 15) is 14.4 Å². The number of rotatable bonds is 9. The number of hydrogen-bond acceptors (Lipinski definition) is 7. The van der Waals surface area contributed by atoms with Crippen LogP contribution in [0.15, 0.2) is 48.5 Å². The predicted molar refractivity (Wildman–Crippen MR) is 107 cm³/mol. The number of benzene rings is 2. The van der Waals surface area contributed by atoms with E-state index >= 15 is 0 Å². The third-order valence-corrected chi connectivity index (χ3v) is 4.50. The van der Waals surface area contributed by atoms with Crippen LogP contribution in [-0.2, 0) is 20.9 Å². The largest absolute Gasteiger partial charge is 0.467 e. The summed E-state index contributed by atoms with van der Waals surface area (Å²) in [5.74, 6) is -0.234. The molecule has 9 nitrogen and oxygen atoms in total. The van der Waals surface area contributed by atoms with Crippen LogP contribution in [0, 0.1) is 0 Å². The zero-order valence-corrected chi connectivity index (χ0v) is 16.5. The Kier molecular flexibility index (Phi) is 6.65. The number of hydrogen-bond donors (Lipinski definition) is 3. The molecule has 0 unspecified atom stereocenters. The quantitative estimate of drug-likeness (QED) is 0.423. The van der Waals surface area contributed by atoms with Gasteiger partial charge >= 0.3 is 6.03 Å². The Balaban J connectivity index is 1.75. The van der Waals surface area contributed by atoms with Gasteiger partial charge in [-0.1, -0.05) is 12.1 Å². The minimum atomic E-state index is -1.91. The number of carbonyl (C=O) groups excluding carboxylic acids is 3. The Labute approximate surface area is 173 Å². The topological polar surface area (TPSA) is 129 Å². The zero-order chi connectivity index (χ0) is 21.6. The first kappa shape index (κ1) is 21.3. The maximum absolute atomic E-state index is 12.5. The van der Waals surface area contributed by atoms with Crippen molar-refractivity contribution in [2.24, 2.45) is 5.73 Å². The van der Waals surface area contributed by atoms with Gasteiger partial charge in [0.25, 0.3) is 17.4 Å². The molecule has 0 saturated carbocycles. The average molecular weight is 413 g/mol. The van der Waals surface area contributed by atoms with Crippen LogP contribution in [0.4, 0.5) is 4.79 Å². The molecule has 1 aliphatic rings. The van der Waals surface area contributed by atoms with Crippen molar-refractivity contribution in [1.29, 1.82) is 0 Å². The van der Waals surface area contributed by atoms with Crippen LogP contribution in [0.2, 0.25) is 0 Å². The lowest BCUT2D eigenvalue weighted by Crippen LogP contribution is -2.69. The maximum Gasteiger partial charge on any atom is 0.328 e. The minimum absolute atomic E-state index is 0.0580. The minimum Gasteiger partial charge on any atom is -0.467 e. The van der Waals surface area contributed by atoms with E-state index in [4.69, 9.17) is 19.9 Å². The van der Waals surface area contributed by atoms with Crippen molar-refractivity contribution < 1.29 is 28.6 Å².